The van der Waals surface area contributed by atoms with E-state index in [2.05, 4.69) is 38.1 Å². The summed E-state index contributed by atoms with van der Waals surface area (Å²) < 4.78 is 0. The molecule has 0 saturated carbocycles. The van der Waals surface area contributed by atoms with Gasteiger partial charge in [0.1, 0.15) is 0 Å². The van der Waals surface area contributed by atoms with Crippen molar-refractivity contribution in [3.05, 3.63) is 71.8 Å². The van der Waals surface area contributed by atoms with Crippen molar-refractivity contribution < 1.29 is 10.2 Å². The fraction of sp³-hybridized carbons (Fsp3) is 0.455. The van der Waals surface area contributed by atoms with Gasteiger partial charge >= 0.3 is 0 Å². The van der Waals surface area contributed by atoms with E-state index in [4.69, 9.17) is 0 Å². The van der Waals surface area contributed by atoms with Crippen LogP contribution >= 0.6 is 11.8 Å². The molecule has 3 heteroatoms. The first-order valence-corrected chi connectivity index (χ1v) is 9.97. The number of aliphatic hydroxyl groups is 2. The molecule has 2 rings (SSSR count). The van der Waals surface area contributed by atoms with E-state index in [0.717, 1.165) is 11.1 Å². The number of hydrogen-bond acceptors (Lipinski definition) is 3. The molecule has 0 radical (unpaired) electrons. The summed E-state index contributed by atoms with van der Waals surface area (Å²) in [6, 6.07) is 20.2. The highest BCUT2D eigenvalue weighted by atomic mass is 32.2. The summed E-state index contributed by atoms with van der Waals surface area (Å²) in [4.78, 5) is 0. The van der Waals surface area contributed by atoms with E-state index in [1.54, 1.807) is 11.8 Å². The Balaban J connectivity index is 1.95. The van der Waals surface area contributed by atoms with Gasteiger partial charge in [-0.15, -0.1) is 0 Å². The molecule has 0 aliphatic rings. The third-order valence-corrected chi connectivity index (χ3v) is 6.48. The summed E-state index contributed by atoms with van der Waals surface area (Å²) in [5.41, 5.74) is 2.29. The van der Waals surface area contributed by atoms with Gasteiger partial charge in [0.05, 0.1) is 12.2 Å². The zero-order valence-corrected chi connectivity index (χ0v) is 16.4. The zero-order valence-electron chi connectivity index (χ0n) is 15.5. The third-order valence-electron chi connectivity index (χ3n) is 5.07. The molecule has 136 valence electrons. The van der Waals surface area contributed by atoms with Crippen molar-refractivity contribution in [3.8, 4) is 0 Å². The maximum atomic E-state index is 10.7. The molecule has 0 bridgehead atoms. The van der Waals surface area contributed by atoms with E-state index in [1.165, 1.54) is 0 Å². The first kappa shape index (κ1) is 20.0. The highest BCUT2D eigenvalue weighted by Crippen LogP contribution is 2.33. The Kier molecular flexibility index (Phi) is 7.55. The quantitative estimate of drug-likeness (QED) is 0.710. The molecule has 0 spiro atoms. The maximum Gasteiger partial charge on any atom is 0.0721 e. The van der Waals surface area contributed by atoms with E-state index in [1.807, 2.05) is 50.2 Å². The van der Waals surface area contributed by atoms with Crippen LogP contribution in [0.1, 0.15) is 50.7 Å². The normalized spacial score (nSPS) is 18.8. The van der Waals surface area contributed by atoms with Crippen LogP contribution in [-0.4, -0.2) is 32.9 Å². The predicted molar refractivity (Wildman–Crippen MR) is 108 cm³/mol. The molecule has 6 unspecified atom stereocenters. The Morgan fingerprint density at radius 3 is 1.24 bits per heavy atom. The van der Waals surface area contributed by atoms with E-state index in [0.29, 0.717) is 0 Å². The minimum absolute atomic E-state index is 0.0443. The molecule has 0 fully saturated rings. The smallest absolute Gasteiger partial charge is 0.0721 e. The van der Waals surface area contributed by atoms with Crippen molar-refractivity contribution in [2.24, 2.45) is 0 Å². The number of hydrogen-bond donors (Lipinski definition) is 2. The van der Waals surface area contributed by atoms with Crippen molar-refractivity contribution in [2.45, 2.75) is 62.2 Å². The van der Waals surface area contributed by atoms with Gasteiger partial charge in [0.2, 0.25) is 0 Å². The van der Waals surface area contributed by atoms with Gasteiger partial charge in [-0.2, -0.15) is 11.8 Å². The molecular formula is C22H30O2S. The van der Waals surface area contributed by atoms with Crippen molar-refractivity contribution in [1.82, 2.24) is 0 Å². The summed E-state index contributed by atoms with van der Waals surface area (Å²) in [7, 11) is 0. The first-order chi connectivity index (χ1) is 11.9. The van der Waals surface area contributed by atoms with Crippen LogP contribution in [0.4, 0.5) is 0 Å². The van der Waals surface area contributed by atoms with Gasteiger partial charge in [-0.3, -0.25) is 0 Å². The monoisotopic (exact) mass is 358 g/mol. The van der Waals surface area contributed by atoms with Gasteiger partial charge in [0.15, 0.2) is 0 Å². The summed E-state index contributed by atoms with van der Waals surface area (Å²) in [5.74, 6) is 0.138. The second-order valence-electron chi connectivity index (χ2n) is 6.93. The molecule has 0 aliphatic heterocycles. The fourth-order valence-corrected chi connectivity index (χ4v) is 4.69. The van der Waals surface area contributed by atoms with E-state index in [9.17, 15) is 10.2 Å². The van der Waals surface area contributed by atoms with Crippen LogP contribution in [0.5, 0.6) is 0 Å². The molecule has 6 atom stereocenters. The van der Waals surface area contributed by atoms with Crippen LogP contribution in [0.2, 0.25) is 0 Å². The third kappa shape index (κ3) is 5.34. The number of aliphatic hydroxyl groups excluding tert-OH is 2. The minimum Gasteiger partial charge on any atom is -0.391 e. The number of thioether (sulfide) groups is 1. The lowest BCUT2D eigenvalue weighted by atomic mass is 9.93. The minimum atomic E-state index is -0.450. The lowest BCUT2D eigenvalue weighted by molar-refractivity contribution is 0.142. The van der Waals surface area contributed by atoms with E-state index in [-0.39, 0.29) is 22.3 Å². The number of rotatable bonds is 8. The lowest BCUT2D eigenvalue weighted by Crippen LogP contribution is -2.32. The second-order valence-corrected chi connectivity index (χ2v) is 8.69. The SMILES string of the molecule is CC(SC(C)C(O)C(C)c1ccccc1)C(O)C(C)c1ccccc1. The average molecular weight is 359 g/mol. The Bertz CT molecular complexity index is 561. The summed E-state index contributed by atoms with van der Waals surface area (Å²) >= 11 is 1.66. The number of benzene rings is 2. The molecule has 2 nitrogen and oxygen atoms in total. The molecule has 0 aromatic heterocycles. The Hall–Kier alpha value is -1.29. The zero-order chi connectivity index (χ0) is 18.4. The fourth-order valence-electron chi connectivity index (χ4n) is 3.22. The summed E-state index contributed by atoms with van der Waals surface area (Å²) in [6.07, 6.45) is -0.900. The van der Waals surface area contributed by atoms with Crippen LogP contribution in [0.25, 0.3) is 0 Å². The molecule has 2 aromatic rings. The maximum absolute atomic E-state index is 10.7. The van der Waals surface area contributed by atoms with Crippen LogP contribution in [0.15, 0.2) is 60.7 Å². The van der Waals surface area contributed by atoms with Gasteiger partial charge < -0.3 is 10.2 Å². The van der Waals surface area contributed by atoms with Gasteiger partial charge in [-0.25, -0.2) is 0 Å². The lowest BCUT2D eigenvalue weighted by Gasteiger charge is -2.30. The highest BCUT2D eigenvalue weighted by molar-refractivity contribution is 8.00. The Morgan fingerprint density at radius 2 is 0.920 bits per heavy atom. The van der Waals surface area contributed by atoms with Gasteiger partial charge in [0, 0.05) is 22.3 Å². The standard InChI is InChI=1S/C22H30O2S/c1-15(19-11-7-5-8-12-19)21(23)17(3)25-18(4)22(24)16(2)20-13-9-6-10-14-20/h5-18,21-24H,1-4H3. The predicted octanol–water partition coefficient (Wildman–Crippen LogP) is 4.83. The van der Waals surface area contributed by atoms with Crippen LogP contribution < -0.4 is 0 Å². The van der Waals surface area contributed by atoms with Gasteiger partial charge in [-0.1, -0.05) is 88.4 Å². The van der Waals surface area contributed by atoms with Crippen LogP contribution in [0, 0.1) is 0 Å². The molecule has 2 aromatic carbocycles. The average Bonchev–Trinajstić information content (AvgIpc) is 2.66. The molecule has 0 heterocycles. The van der Waals surface area contributed by atoms with Crippen molar-refractivity contribution in [2.75, 3.05) is 0 Å². The molecular weight excluding hydrogens is 328 g/mol. The summed E-state index contributed by atoms with van der Waals surface area (Å²) in [6.45, 7) is 8.21. The van der Waals surface area contributed by atoms with E-state index < -0.39 is 12.2 Å². The molecule has 0 aliphatic carbocycles. The summed E-state index contributed by atoms with van der Waals surface area (Å²) in [5, 5.41) is 21.5. The highest BCUT2D eigenvalue weighted by Gasteiger charge is 2.29. The molecule has 0 amide bonds. The van der Waals surface area contributed by atoms with Crippen LogP contribution in [-0.2, 0) is 0 Å². The van der Waals surface area contributed by atoms with Gasteiger partial charge in [0.25, 0.3) is 0 Å². The largest absolute Gasteiger partial charge is 0.391 e. The molecule has 0 saturated heterocycles. The second kappa shape index (κ2) is 9.42. The van der Waals surface area contributed by atoms with E-state index >= 15 is 0 Å². The van der Waals surface area contributed by atoms with Crippen molar-refractivity contribution in [3.63, 3.8) is 0 Å². The Labute approximate surface area is 156 Å². The first-order valence-electron chi connectivity index (χ1n) is 9.03. The molecule has 2 N–H and O–H groups in total. The van der Waals surface area contributed by atoms with Crippen LogP contribution in [0.3, 0.4) is 0 Å². The topological polar surface area (TPSA) is 40.5 Å². The van der Waals surface area contributed by atoms with Crippen molar-refractivity contribution in [1.29, 1.82) is 0 Å². The van der Waals surface area contributed by atoms with Crippen molar-refractivity contribution >= 4 is 11.8 Å². The van der Waals surface area contributed by atoms with Gasteiger partial charge in [-0.05, 0) is 11.1 Å². The molecule has 25 heavy (non-hydrogen) atoms. The Morgan fingerprint density at radius 1 is 0.600 bits per heavy atom.